The average molecular weight is 317 g/mol. The molecule has 0 spiro atoms. The van der Waals surface area contributed by atoms with Gasteiger partial charge in [-0.05, 0) is 18.1 Å². The summed E-state index contributed by atoms with van der Waals surface area (Å²) in [5.74, 6) is 0. The summed E-state index contributed by atoms with van der Waals surface area (Å²) in [6.45, 7) is 2.49. The number of aryl methyl sites for hydroxylation is 1. The first-order valence-corrected chi connectivity index (χ1v) is 8.22. The van der Waals surface area contributed by atoms with E-state index < -0.39 is 6.10 Å². The number of hydrogen-bond donors (Lipinski definition) is 3. The van der Waals surface area contributed by atoms with Crippen LogP contribution >= 0.6 is 11.3 Å². The average Bonchev–Trinajstić information content (AvgIpc) is 3.03. The van der Waals surface area contributed by atoms with Crippen molar-refractivity contribution in [2.45, 2.75) is 31.9 Å². The van der Waals surface area contributed by atoms with E-state index in [1.165, 1.54) is 0 Å². The molecule has 2 aromatic rings. The van der Waals surface area contributed by atoms with Crippen LogP contribution < -0.4 is 10.6 Å². The third-order valence-electron chi connectivity index (χ3n) is 3.82. The van der Waals surface area contributed by atoms with Crippen molar-refractivity contribution in [3.8, 4) is 0 Å². The molecule has 1 aliphatic carbocycles. The number of fused-ring (bicyclic) bond motifs is 1. The van der Waals surface area contributed by atoms with Gasteiger partial charge >= 0.3 is 6.03 Å². The van der Waals surface area contributed by atoms with Crippen LogP contribution in [0.5, 0.6) is 0 Å². The number of aromatic nitrogens is 1. The maximum absolute atomic E-state index is 12.0. The number of nitrogens with zero attached hydrogens (tertiary/aromatic N) is 1. The molecule has 22 heavy (non-hydrogen) atoms. The van der Waals surface area contributed by atoms with Gasteiger partial charge in [0.2, 0.25) is 0 Å². The minimum Gasteiger partial charge on any atom is -0.390 e. The molecule has 5 nitrogen and oxygen atoms in total. The van der Waals surface area contributed by atoms with Crippen LogP contribution in [0.25, 0.3) is 0 Å². The van der Waals surface area contributed by atoms with Crippen LogP contribution in [0.15, 0.2) is 29.6 Å². The highest BCUT2D eigenvalue weighted by Gasteiger charge is 2.31. The molecule has 3 rings (SSSR count). The van der Waals surface area contributed by atoms with Gasteiger partial charge in [0, 0.05) is 24.8 Å². The maximum atomic E-state index is 12.0. The summed E-state index contributed by atoms with van der Waals surface area (Å²) in [7, 11) is 0. The van der Waals surface area contributed by atoms with E-state index in [1.54, 1.807) is 11.3 Å². The van der Waals surface area contributed by atoms with Gasteiger partial charge in [-0.15, -0.1) is 11.3 Å². The van der Waals surface area contributed by atoms with Crippen molar-refractivity contribution in [1.29, 1.82) is 0 Å². The molecule has 2 atom stereocenters. The minimum absolute atomic E-state index is 0.257. The smallest absolute Gasteiger partial charge is 0.315 e. The summed E-state index contributed by atoms with van der Waals surface area (Å²) in [5.41, 5.74) is 3.09. The Hall–Kier alpha value is -1.92. The molecular weight excluding hydrogens is 298 g/mol. The fourth-order valence-corrected chi connectivity index (χ4v) is 3.41. The molecule has 0 unspecified atom stereocenters. The number of carbonyl (C=O) groups excluding carboxylic acids is 1. The number of benzene rings is 1. The monoisotopic (exact) mass is 317 g/mol. The molecule has 6 heteroatoms. The van der Waals surface area contributed by atoms with Crippen molar-refractivity contribution in [2.75, 3.05) is 6.54 Å². The second-order valence-corrected chi connectivity index (χ2v) is 6.52. The van der Waals surface area contributed by atoms with E-state index in [1.807, 2.05) is 36.6 Å². The molecule has 0 radical (unpaired) electrons. The molecular formula is C16H19N3O2S. The van der Waals surface area contributed by atoms with Crippen molar-refractivity contribution < 1.29 is 9.90 Å². The molecule has 0 aliphatic heterocycles. The van der Waals surface area contributed by atoms with Crippen LogP contribution in [0.1, 0.15) is 27.9 Å². The second kappa shape index (κ2) is 6.46. The molecule has 1 aliphatic rings. The summed E-state index contributed by atoms with van der Waals surface area (Å²) in [4.78, 5) is 16.4. The van der Waals surface area contributed by atoms with Gasteiger partial charge < -0.3 is 15.7 Å². The lowest BCUT2D eigenvalue weighted by molar-refractivity contribution is 0.142. The summed E-state index contributed by atoms with van der Waals surface area (Å²) in [6, 6.07) is 7.22. The van der Waals surface area contributed by atoms with Crippen molar-refractivity contribution in [3.05, 3.63) is 51.5 Å². The van der Waals surface area contributed by atoms with Gasteiger partial charge in [0.05, 0.1) is 22.8 Å². The summed E-state index contributed by atoms with van der Waals surface area (Å²) in [5, 5.41) is 18.8. The number of nitrogens with one attached hydrogen (secondary N) is 2. The van der Waals surface area contributed by atoms with Gasteiger partial charge in [0.25, 0.3) is 0 Å². The lowest BCUT2D eigenvalue weighted by Crippen LogP contribution is -2.41. The van der Waals surface area contributed by atoms with Gasteiger partial charge in [-0.25, -0.2) is 9.78 Å². The number of urea groups is 1. The molecule has 0 fully saturated rings. The standard InChI is InChI=1S/C16H19N3O2S/c1-10-18-12(9-22-10)6-7-17-16(21)19-15-13-5-3-2-4-11(13)8-14(15)20/h2-5,9,14-15,20H,6-8H2,1H3,(H2,17,19,21)/t14-,15+/m1/s1. The van der Waals surface area contributed by atoms with Crippen molar-refractivity contribution in [3.63, 3.8) is 0 Å². The zero-order chi connectivity index (χ0) is 15.5. The van der Waals surface area contributed by atoms with E-state index in [2.05, 4.69) is 15.6 Å². The number of thiazole rings is 1. The highest BCUT2D eigenvalue weighted by molar-refractivity contribution is 7.09. The third-order valence-corrected chi connectivity index (χ3v) is 4.65. The van der Waals surface area contributed by atoms with E-state index in [-0.39, 0.29) is 12.1 Å². The fourth-order valence-electron chi connectivity index (χ4n) is 2.77. The normalized spacial score (nSPS) is 19.7. The lowest BCUT2D eigenvalue weighted by atomic mass is 10.1. The van der Waals surface area contributed by atoms with Gasteiger partial charge in [0.15, 0.2) is 0 Å². The Morgan fingerprint density at radius 1 is 1.45 bits per heavy atom. The summed E-state index contributed by atoms with van der Waals surface area (Å²) < 4.78 is 0. The van der Waals surface area contributed by atoms with Gasteiger partial charge in [-0.2, -0.15) is 0 Å². The Balaban J connectivity index is 1.51. The van der Waals surface area contributed by atoms with Crippen LogP contribution in [0.2, 0.25) is 0 Å². The number of aliphatic hydroxyl groups excluding tert-OH is 1. The second-order valence-electron chi connectivity index (χ2n) is 5.46. The van der Waals surface area contributed by atoms with E-state index in [0.717, 1.165) is 21.8 Å². The molecule has 2 amide bonds. The van der Waals surface area contributed by atoms with E-state index in [4.69, 9.17) is 0 Å². The highest BCUT2D eigenvalue weighted by Crippen LogP contribution is 2.30. The summed E-state index contributed by atoms with van der Waals surface area (Å²) in [6.07, 6.45) is 0.727. The van der Waals surface area contributed by atoms with Crippen LogP contribution in [-0.2, 0) is 12.8 Å². The number of hydrogen-bond acceptors (Lipinski definition) is 4. The molecule has 116 valence electrons. The number of amides is 2. The van der Waals surface area contributed by atoms with Gasteiger partial charge in [-0.1, -0.05) is 24.3 Å². The van der Waals surface area contributed by atoms with E-state index in [0.29, 0.717) is 19.4 Å². The largest absolute Gasteiger partial charge is 0.390 e. The first kappa shape index (κ1) is 15.0. The molecule has 1 heterocycles. The Labute approximate surface area is 133 Å². The Morgan fingerprint density at radius 3 is 3.05 bits per heavy atom. The molecule has 0 saturated heterocycles. The fraction of sp³-hybridized carbons (Fsp3) is 0.375. The predicted molar refractivity (Wildman–Crippen MR) is 86.0 cm³/mol. The Kier molecular flexibility index (Phi) is 4.40. The number of aliphatic hydroxyl groups is 1. The molecule has 1 aromatic carbocycles. The predicted octanol–water partition coefficient (Wildman–Crippen LogP) is 1.95. The maximum Gasteiger partial charge on any atom is 0.315 e. The molecule has 3 N–H and O–H groups in total. The summed E-state index contributed by atoms with van der Waals surface area (Å²) >= 11 is 1.61. The first-order valence-electron chi connectivity index (χ1n) is 7.34. The van der Waals surface area contributed by atoms with Crippen molar-refractivity contribution in [1.82, 2.24) is 15.6 Å². The molecule has 0 saturated carbocycles. The Bertz CT molecular complexity index is 671. The van der Waals surface area contributed by atoms with Crippen LogP contribution in [-0.4, -0.2) is 28.8 Å². The van der Waals surface area contributed by atoms with Crippen LogP contribution in [0, 0.1) is 6.92 Å². The zero-order valence-corrected chi connectivity index (χ0v) is 13.2. The SMILES string of the molecule is Cc1nc(CCNC(=O)N[C@H]2c3ccccc3C[C@H]2O)cs1. The first-order chi connectivity index (χ1) is 10.6. The zero-order valence-electron chi connectivity index (χ0n) is 12.4. The van der Waals surface area contributed by atoms with Crippen molar-refractivity contribution >= 4 is 17.4 Å². The quantitative estimate of drug-likeness (QED) is 0.807. The van der Waals surface area contributed by atoms with E-state index in [9.17, 15) is 9.90 Å². The lowest BCUT2D eigenvalue weighted by Gasteiger charge is -2.18. The third kappa shape index (κ3) is 3.28. The topological polar surface area (TPSA) is 74.2 Å². The molecule has 0 bridgehead atoms. The van der Waals surface area contributed by atoms with Gasteiger partial charge in [0.1, 0.15) is 0 Å². The minimum atomic E-state index is -0.565. The van der Waals surface area contributed by atoms with Crippen molar-refractivity contribution in [2.24, 2.45) is 0 Å². The number of rotatable bonds is 4. The molecule has 1 aromatic heterocycles. The van der Waals surface area contributed by atoms with E-state index >= 15 is 0 Å². The van der Waals surface area contributed by atoms with Crippen LogP contribution in [0.3, 0.4) is 0 Å². The van der Waals surface area contributed by atoms with Gasteiger partial charge in [-0.3, -0.25) is 0 Å². The Morgan fingerprint density at radius 2 is 2.27 bits per heavy atom. The number of carbonyl (C=O) groups is 1. The highest BCUT2D eigenvalue weighted by atomic mass is 32.1. The van der Waals surface area contributed by atoms with Crippen LogP contribution in [0.4, 0.5) is 4.79 Å².